The summed E-state index contributed by atoms with van der Waals surface area (Å²) in [6.45, 7) is 6.64. The molecule has 0 spiro atoms. The van der Waals surface area contributed by atoms with Crippen LogP contribution in [-0.2, 0) is 10.5 Å². The minimum atomic E-state index is -0.0864. The third-order valence-electron chi connectivity index (χ3n) is 5.55. The average molecular weight is 441 g/mol. The molecular weight excluding hydrogens is 408 g/mol. The number of benzene rings is 2. The molecule has 0 radical (unpaired) electrons. The lowest BCUT2D eigenvalue weighted by atomic mass is 10.1. The summed E-state index contributed by atoms with van der Waals surface area (Å²) in [6, 6.07) is 17.6. The molecule has 0 saturated carbocycles. The second-order valence-electron chi connectivity index (χ2n) is 8.13. The number of hydrogen-bond donors (Lipinski definition) is 0. The van der Waals surface area contributed by atoms with E-state index in [1.165, 1.54) is 5.56 Å². The molecule has 31 heavy (non-hydrogen) atoms. The van der Waals surface area contributed by atoms with Crippen molar-refractivity contribution in [2.45, 2.75) is 31.3 Å². The maximum Gasteiger partial charge on any atom is 0.257 e. The predicted octanol–water partition coefficient (Wildman–Crippen LogP) is 4.33. The van der Waals surface area contributed by atoms with Crippen LogP contribution in [0.25, 0.3) is 0 Å². The summed E-state index contributed by atoms with van der Waals surface area (Å²) in [4.78, 5) is 30.2. The van der Waals surface area contributed by atoms with Gasteiger partial charge >= 0.3 is 0 Å². The number of methoxy groups -OCH3 is 1. The first-order valence-corrected chi connectivity index (χ1v) is 11.9. The van der Waals surface area contributed by atoms with Crippen molar-refractivity contribution < 1.29 is 14.3 Å². The third kappa shape index (κ3) is 6.03. The van der Waals surface area contributed by atoms with Crippen molar-refractivity contribution in [2.75, 3.05) is 33.3 Å². The van der Waals surface area contributed by atoms with E-state index in [1.54, 1.807) is 31.0 Å². The lowest BCUT2D eigenvalue weighted by Crippen LogP contribution is -2.42. The number of nitrogens with zero attached hydrogens (tertiary/aromatic N) is 2. The van der Waals surface area contributed by atoms with Crippen LogP contribution in [0.15, 0.2) is 54.6 Å². The van der Waals surface area contributed by atoms with Gasteiger partial charge in [0.25, 0.3) is 5.91 Å². The molecule has 1 aliphatic rings. The number of thioether (sulfide) groups is 1. The van der Waals surface area contributed by atoms with Gasteiger partial charge in [-0.25, -0.2) is 0 Å². The fourth-order valence-electron chi connectivity index (χ4n) is 3.82. The first-order valence-electron chi connectivity index (χ1n) is 10.9. The highest BCUT2D eigenvalue weighted by atomic mass is 32.2. The molecule has 1 unspecified atom stereocenters. The molecule has 166 valence electrons. The summed E-state index contributed by atoms with van der Waals surface area (Å²) in [5.41, 5.74) is 1.80. The molecule has 0 bridgehead atoms. The van der Waals surface area contributed by atoms with Crippen LogP contribution < -0.4 is 4.74 Å². The van der Waals surface area contributed by atoms with Gasteiger partial charge in [-0.1, -0.05) is 56.3 Å². The van der Waals surface area contributed by atoms with Crippen molar-refractivity contribution in [3.63, 3.8) is 0 Å². The quantitative estimate of drug-likeness (QED) is 0.643. The zero-order chi connectivity index (χ0) is 22.2. The maximum atomic E-state index is 13.3. The van der Waals surface area contributed by atoms with E-state index in [0.717, 1.165) is 12.2 Å². The standard InChI is InChI=1S/C25H32N2O3S/c1-19(2)23(31-18-20-10-5-4-6-11-20)25(29)27-15-9-14-26(16-17-27)24(28)21-12-7-8-13-22(21)30-3/h4-8,10-13,19,23H,9,14-18H2,1-3H3. The van der Waals surface area contributed by atoms with Crippen LogP contribution in [0.5, 0.6) is 5.75 Å². The van der Waals surface area contributed by atoms with Gasteiger partial charge in [-0.2, -0.15) is 0 Å². The van der Waals surface area contributed by atoms with Crippen molar-refractivity contribution in [1.29, 1.82) is 0 Å². The average Bonchev–Trinajstić information content (AvgIpc) is 3.05. The van der Waals surface area contributed by atoms with Gasteiger partial charge in [0.2, 0.25) is 5.91 Å². The lowest BCUT2D eigenvalue weighted by Gasteiger charge is -2.28. The summed E-state index contributed by atoms with van der Waals surface area (Å²) in [6.07, 6.45) is 0.779. The van der Waals surface area contributed by atoms with Gasteiger partial charge in [-0.15, -0.1) is 11.8 Å². The molecule has 0 aromatic heterocycles. The first kappa shape index (κ1) is 23.2. The molecule has 3 rings (SSSR count). The maximum absolute atomic E-state index is 13.3. The van der Waals surface area contributed by atoms with Gasteiger partial charge in [-0.3, -0.25) is 9.59 Å². The predicted molar refractivity (Wildman–Crippen MR) is 126 cm³/mol. The Kier molecular flexibility index (Phi) is 8.41. The van der Waals surface area contributed by atoms with Crippen LogP contribution in [-0.4, -0.2) is 60.2 Å². The fraction of sp³-hybridized carbons (Fsp3) is 0.440. The van der Waals surface area contributed by atoms with E-state index in [9.17, 15) is 9.59 Å². The van der Waals surface area contributed by atoms with Gasteiger partial charge in [0.15, 0.2) is 0 Å². The van der Waals surface area contributed by atoms with Crippen molar-refractivity contribution in [3.05, 3.63) is 65.7 Å². The van der Waals surface area contributed by atoms with E-state index in [-0.39, 0.29) is 23.0 Å². The molecule has 2 amide bonds. The Morgan fingerprint density at radius 3 is 2.29 bits per heavy atom. The molecule has 0 N–H and O–H groups in total. The van der Waals surface area contributed by atoms with E-state index < -0.39 is 0 Å². The van der Waals surface area contributed by atoms with E-state index >= 15 is 0 Å². The van der Waals surface area contributed by atoms with E-state index in [0.29, 0.717) is 37.5 Å². The van der Waals surface area contributed by atoms with Gasteiger partial charge < -0.3 is 14.5 Å². The number of para-hydroxylation sites is 1. The van der Waals surface area contributed by atoms with Gasteiger partial charge in [0, 0.05) is 31.9 Å². The van der Waals surface area contributed by atoms with Crippen LogP contribution in [0.4, 0.5) is 0 Å². The summed E-state index contributed by atoms with van der Waals surface area (Å²) >= 11 is 1.71. The number of rotatable bonds is 7. The molecule has 5 nitrogen and oxygen atoms in total. The highest BCUT2D eigenvalue weighted by molar-refractivity contribution is 7.99. The second kappa shape index (κ2) is 11.2. The van der Waals surface area contributed by atoms with Gasteiger partial charge in [0.1, 0.15) is 5.75 Å². The molecule has 0 aliphatic carbocycles. The minimum Gasteiger partial charge on any atom is -0.496 e. The van der Waals surface area contributed by atoms with Crippen LogP contribution in [0.3, 0.4) is 0 Å². The minimum absolute atomic E-state index is 0.0365. The third-order valence-corrected chi connectivity index (χ3v) is 7.16. The van der Waals surface area contributed by atoms with Crippen LogP contribution >= 0.6 is 11.8 Å². The van der Waals surface area contributed by atoms with Crippen LogP contribution in [0.1, 0.15) is 36.2 Å². The van der Waals surface area contributed by atoms with E-state index in [2.05, 4.69) is 26.0 Å². The summed E-state index contributed by atoms with van der Waals surface area (Å²) in [5, 5.41) is -0.0864. The number of amides is 2. The topological polar surface area (TPSA) is 49.9 Å². The molecule has 1 heterocycles. The van der Waals surface area contributed by atoms with Crippen molar-refractivity contribution in [3.8, 4) is 5.75 Å². The highest BCUT2D eigenvalue weighted by Crippen LogP contribution is 2.26. The molecule has 2 aromatic carbocycles. The number of carbonyl (C=O) groups excluding carboxylic acids is 2. The Morgan fingerprint density at radius 1 is 0.935 bits per heavy atom. The Bertz CT molecular complexity index is 872. The van der Waals surface area contributed by atoms with Gasteiger partial charge in [-0.05, 0) is 30.0 Å². The van der Waals surface area contributed by atoms with Gasteiger partial charge in [0.05, 0.1) is 17.9 Å². The van der Waals surface area contributed by atoms with Crippen LogP contribution in [0.2, 0.25) is 0 Å². The lowest BCUT2D eigenvalue weighted by molar-refractivity contribution is -0.131. The number of carbonyl (C=O) groups is 2. The molecule has 1 saturated heterocycles. The van der Waals surface area contributed by atoms with Crippen molar-refractivity contribution in [1.82, 2.24) is 9.80 Å². The molecule has 1 aliphatic heterocycles. The number of hydrogen-bond acceptors (Lipinski definition) is 4. The Balaban J connectivity index is 1.63. The Labute approximate surface area is 189 Å². The van der Waals surface area contributed by atoms with Crippen molar-refractivity contribution in [2.24, 2.45) is 5.92 Å². The highest BCUT2D eigenvalue weighted by Gasteiger charge is 2.30. The zero-order valence-electron chi connectivity index (χ0n) is 18.6. The normalized spacial score (nSPS) is 15.5. The van der Waals surface area contributed by atoms with E-state index in [1.807, 2.05) is 40.1 Å². The molecule has 1 atom stereocenters. The second-order valence-corrected chi connectivity index (χ2v) is 9.26. The Morgan fingerprint density at radius 2 is 1.58 bits per heavy atom. The summed E-state index contributed by atoms with van der Waals surface area (Å²) in [5.74, 6) is 1.80. The molecule has 2 aromatic rings. The zero-order valence-corrected chi connectivity index (χ0v) is 19.4. The fourth-order valence-corrected chi connectivity index (χ4v) is 5.06. The molecule has 1 fully saturated rings. The van der Waals surface area contributed by atoms with Crippen LogP contribution in [0, 0.1) is 5.92 Å². The van der Waals surface area contributed by atoms with E-state index in [4.69, 9.17) is 4.74 Å². The summed E-state index contributed by atoms with van der Waals surface area (Å²) < 4.78 is 5.35. The molecular formula is C25H32N2O3S. The monoisotopic (exact) mass is 440 g/mol. The SMILES string of the molecule is COc1ccccc1C(=O)N1CCCN(C(=O)C(SCc2ccccc2)C(C)C)CC1. The number of ether oxygens (including phenoxy) is 1. The molecule has 6 heteroatoms. The van der Waals surface area contributed by atoms with Crippen molar-refractivity contribution >= 4 is 23.6 Å². The smallest absolute Gasteiger partial charge is 0.257 e. The Hall–Kier alpha value is -2.47. The summed E-state index contributed by atoms with van der Waals surface area (Å²) in [7, 11) is 1.58. The first-order chi connectivity index (χ1) is 15.0. The largest absolute Gasteiger partial charge is 0.496 e.